The van der Waals surface area contributed by atoms with E-state index in [-0.39, 0.29) is 5.54 Å². The quantitative estimate of drug-likeness (QED) is 0.180. The Kier molecular flexibility index (Phi) is 6.72. The third kappa shape index (κ3) is 4.71. The van der Waals surface area contributed by atoms with Crippen LogP contribution >= 0.6 is 0 Å². The summed E-state index contributed by atoms with van der Waals surface area (Å²) in [6.07, 6.45) is 9.10. The van der Waals surface area contributed by atoms with Crippen LogP contribution < -0.4 is 4.90 Å². The van der Waals surface area contributed by atoms with Gasteiger partial charge in [0.2, 0.25) is 0 Å². The molecule has 0 spiro atoms. The van der Waals surface area contributed by atoms with Crippen molar-refractivity contribution in [2.75, 3.05) is 4.90 Å². The lowest BCUT2D eigenvalue weighted by atomic mass is 9.80. The lowest BCUT2D eigenvalue weighted by Crippen LogP contribution is -2.41. The van der Waals surface area contributed by atoms with Gasteiger partial charge in [-0.15, -0.1) is 0 Å². The molecule has 0 saturated heterocycles. The Balaban J connectivity index is 1.05. The van der Waals surface area contributed by atoms with Gasteiger partial charge in [-0.1, -0.05) is 146 Å². The molecule has 0 radical (unpaired) electrons. The van der Waals surface area contributed by atoms with E-state index >= 15 is 0 Å². The molecular weight excluding hydrogens is 617 g/mol. The van der Waals surface area contributed by atoms with Crippen LogP contribution in [0.2, 0.25) is 0 Å². The van der Waals surface area contributed by atoms with Crippen LogP contribution in [0.1, 0.15) is 18.4 Å². The number of nitrogens with zero attached hydrogens (tertiary/aromatic N) is 2. The van der Waals surface area contributed by atoms with Crippen LogP contribution in [0.3, 0.4) is 0 Å². The van der Waals surface area contributed by atoms with E-state index in [1.54, 1.807) is 0 Å². The first-order valence-corrected chi connectivity index (χ1v) is 17.8. The second kappa shape index (κ2) is 11.6. The van der Waals surface area contributed by atoms with E-state index in [0.717, 1.165) is 5.69 Å². The highest BCUT2D eigenvalue weighted by atomic mass is 15.2. The van der Waals surface area contributed by atoms with E-state index in [0.29, 0.717) is 5.92 Å². The number of anilines is 2. The van der Waals surface area contributed by atoms with Crippen molar-refractivity contribution in [3.63, 3.8) is 0 Å². The smallest absolute Gasteiger partial charge is 0.0712 e. The highest BCUT2D eigenvalue weighted by molar-refractivity contribution is 6.10. The summed E-state index contributed by atoms with van der Waals surface area (Å²) in [6.45, 7) is 2.36. The van der Waals surface area contributed by atoms with E-state index < -0.39 is 0 Å². The molecule has 1 aliphatic heterocycles. The number of hydrogen-bond donors (Lipinski definition) is 0. The fourth-order valence-corrected chi connectivity index (χ4v) is 8.55. The maximum atomic E-state index is 2.53. The minimum absolute atomic E-state index is 0.160. The van der Waals surface area contributed by atoms with Crippen LogP contribution in [0.4, 0.5) is 11.4 Å². The summed E-state index contributed by atoms with van der Waals surface area (Å²) in [7, 11) is 0. The Labute approximate surface area is 298 Å². The second-order valence-corrected chi connectivity index (χ2v) is 14.0. The third-order valence-electron chi connectivity index (χ3n) is 11.0. The Morgan fingerprint density at radius 1 is 0.451 bits per heavy atom. The van der Waals surface area contributed by atoms with Crippen molar-refractivity contribution in [2.24, 2.45) is 0 Å². The molecule has 2 unspecified atom stereocenters. The highest BCUT2D eigenvalue weighted by Gasteiger charge is 2.46. The molecule has 8 aromatic rings. The molecule has 0 N–H and O–H groups in total. The van der Waals surface area contributed by atoms with E-state index in [4.69, 9.17) is 0 Å². The van der Waals surface area contributed by atoms with Crippen LogP contribution in [-0.4, -0.2) is 10.1 Å². The summed E-state index contributed by atoms with van der Waals surface area (Å²) in [5.41, 5.74) is 14.6. The number of benzene rings is 7. The van der Waals surface area contributed by atoms with Crippen molar-refractivity contribution < 1.29 is 0 Å². The van der Waals surface area contributed by atoms with E-state index in [2.05, 4.69) is 211 Å². The molecule has 0 saturated carbocycles. The molecule has 242 valence electrons. The molecule has 2 atom stereocenters. The van der Waals surface area contributed by atoms with Gasteiger partial charge in [0.25, 0.3) is 0 Å². The zero-order chi connectivity index (χ0) is 33.9. The maximum Gasteiger partial charge on any atom is 0.0712 e. The van der Waals surface area contributed by atoms with E-state index in [1.807, 2.05) is 0 Å². The monoisotopic (exact) mass is 652 g/mol. The number of hydrogen-bond acceptors (Lipinski definition) is 1. The Morgan fingerprint density at radius 3 is 1.88 bits per heavy atom. The molecule has 2 heteroatoms. The summed E-state index contributed by atoms with van der Waals surface area (Å²) in [5, 5.41) is 2.51. The van der Waals surface area contributed by atoms with Crippen molar-refractivity contribution >= 4 is 33.2 Å². The van der Waals surface area contributed by atoms with Crippen molar-refractivity contribution in [1.29, 1.82) is 0 Å². The Morgan fingerprint density at radius 2 is 1.04 bits per heavy atom. The maximum absolute atomic E-state index is 2.53. The van der Waals surface area contributed by atoms with Gasteiger partial charge < -0.3 is 9.47 Å². The molecule has 0 amide bonds. The molecule has 1 aromatic heterocycles. The largest absolute Gasteiger partial charge is 0.331 e. The van der Waals surface area contributed by atoms with Crippen LogP contribution in [0, 0.1) is 0 Å². The molecular formula is C49H36N2. The van der Waals surface area contributed by atoms with Crippen molar-refractivity contribution in [2.45, 2.75) is 18.4 Å². The number of fused-ring (bicyclic) bond motifs is 6. The molecule has 2 nitrogen and oxygen atoms in total. The van der Waals surface area contributed by atoms with Gasteiger partial charge in [-0.25, -0.2) is 0 Å². The molecule has 2 heterocycles. The fourth-order valence-electron chi connectivity index (χ4n) is 8.55. The van der Waals surface area contributed by atoms with Gasteiger partial charge in [0.05, 0.1) is 16.6 Å². The van der Waals surface area contributed by atoms with Gasteiger partial charge in [-0.05, 0) is 94.4 Å². The summed E-state index contributed by atoms with van der Waals surface area (Å²) < 4.78 is 2.41. The number of allylic oxidation sites excluding steroid dienone is 2. The first-order chi connectivity index (χ1) is 25.2. The van der Waals surface area contributed by atoms with Gasteiger partial charge in [0, 0.05) is 33.8 Å². The standard InChI is InChI=1S/C49H36N2/c1-49-30-10-9-21-45(49)43-20-6-8-23-48(43)51(49)41-18-12-16-38(32-41)39-28-29-47-44(33-39)42-19-5-7-22-46(42)50(47)40-17-11-15-37(31-40)36-26-24-35(25-27-36)34-13-3-2-4-14-34/h2-33,45H,1H3. The molecule has 0 bridgehead atoms. The Hall–Kier alpha value is -6.38. The first-order valence-electron chi connectivity index (χ1n) is 17.8. The number of rotatable bonds is 5. The molecule has 51 heavy (non-hydrogen) atoms. The van der Waals surface area contributed by atoms with Gasteiger partial charge in [0.1, 0.15) is 0 Å². The van der Waals surface area contributed by atoms with Crippen molar-refractivity contribution in [1.82, 2.24) is 4.57 Å². The first kappa shape index (κ1) is 29.5. The summed E-state index contributed by atoms with van der Waals surface area (Å²) in [6, 6.07) is 62.1. The van der Waals surface area contributed by atoms with E-state index in [1.165, 1.54) is 72.1 Å². The number of para-hydroxylation sites is 2. The fraction of sp³-hybridized carbons (Fsp3) is 0.0612. The minimum atomic E-state index is -0.160. The summed E-state index contributed by atoms with van der Waals surface area (Å²) >= 11 is 0. The van der Waals surface area contributed by atoms with Crippen LogP contribution in [0.25, 0.3) is 60.9 Å². The predicted molar refractivity (Wildman–Crippen MR) is 215 cm³/mol. The summed E-state index contributed by atoms with van der Waals surface area (Å²) in [5.74, 6) is 0.317. The lowest BCUT2D eigenvalue weighted by molar-refractivity contribution is 0.542. The van der Waals surface area contributed by atoms with Crippen molar-refractivity contribution in [3.8, 4) is 39.1 Å². The van der Waals surface area contributed by atoms with Crippen molar-refractivity contribution in [3.05, 3.63) is 200 Å². The highest BCUT2D eigenvalue weighted by Crippen LogP contribution is 2.54. The van der Waals surface area contributed by atoms with E-state index in [9.17, 15) is 0 Å². The minimum Gasteiger partial charge on any atom is -0.331 e. The molecule has 0 fully saturated rings. The van der Waals surface area contributed by atoms with Gasteiger partial charge in [-0.2, -0.15) is 0 Å². The zero-order valence-electron chi connectivity index (χ0n) is 28.4. The van der Waals surface area contributed by atoms with Crippen LogP contribution in [0.5, 0.6) is 0 Å². The van der Waals surface area contributed by atoms with Gasteiger partial charge in [0.15, 0.2) is 0 Å². The SMILES string of the molecule is CC12C=CC=CC1c1ccccc1N2c1cccc(-c2ccc3c(c2)c2ccccc2n3-c2cccc(-c3ccc(-c4ccccc4)cc3)c2)c1. The van der Waals surface area contributed by atoms with Gasteiger partial charge >= 0.3 is 0 Å². The third-order valence-corrected chi connectivity index (χ3v) is 11.0. The zero-order valence-corrected chi connectivity index (χ0v) is 28.4. The Bertz CT molecular complexity index is 2660. The molecule has 7 aromatic carbocycles. The normalized spacial score (nSPS) is 17.6. The van der Waals surface area contributed by atoms with Gasteiger partial charge in [-0.3, -0.25) is 0 Å². The predicted octanol–water partition coefficient (Wildman–Crippen LogP) is 12.9. The van der Waals surface area contributed by atoms with Crippen LogP contribution in [0.15, 0.2) is 194 Å². The lowest BCUT2D eigenvalue weighted by Gasteiger charge is -2.39. The average molecular weight is 653 g/mol. The topological polar surface area (TPSA) is 8.17 Å². The summed E-state index contributed by atoms with van der Waals surface area (Å²) in [4.78, 5) is 2.53. The average Bonchev–Trinajstić information content (AvgIpc) is 3.67. The second-order valence-electron chi connectivity index (χ2n) is 14.0. The van der Waals surface area contributed by atoms with Crippen LogP contribution in [-0.2, 0) is 0 Å². The molecule has 1 aliphatic carbocycles. The molecule has 2 aliphatic rings. The number of aromatic nitrogens is 1. The molecule has 10 rings (SSSR count).